The quantitative estimate of drug-likeness (QED) is 0.825. The van der Waals surface area contributed by atoms with Crippen molar-refractivity contribution in [1.82, 2.24) is 4.90 Å². The van der Waals surface area contributed by atoms with Gasteiger partial charge in [-0.25, -0.2) is 4.39 Å². The van der Waals surface area contributed by atoms with Gasteiger partial charge < -0.3 is 15.3 Å². The monoisotopic (exact) mass is 270 g/mol. The number of thiocarbonyl (C=S) groups is 1. The highest BCUT2D eigenvalue weighted by atomic mass is 32.1. The van der Waals surface area contributed by atoms with Crippen LogP contribution in [0.2, 0.25) is 0 Å². The Bertz CT molecular complexity index is 477. The lowest BCUT2D eigenvalue weighted by Crippen LogP contribution is -2.28. The van der Waals surface area contributed by atoms with Gasteiger partial charge in [-0.15, -0.1) is 0 Å². The Morgan fingerprint density at radius 1 is 1.50 bits per heavy atom. The highest BCUT2D eigenvalue weighted by molar-refractivity contribution is 7.80. The van der Waals surface area contributed by atoms with Crippen molar-refractivity contribution in [3.05, 3.63) is 29.6 Å². The number of anilines is 1. The van der Waals surface area contributed by atoms with E-state index in [4.69, 9.17) is 17.3 Å². The summed E-state index contributed by atoms with van der Waals surface area (Å²) in [7, 11) is 3.44. The summed E-state index contributed by atoms with van der Waals surface area (Å²) < 4.78 is 13.8. The zero-order chi connectivity index (χ0) is 13.9. The average Bonchev–Trinajstić information content (AvgIpc) is 2.30. The number of aliphatic carboxylic acids is 1. The van der Waals surface area contributed by atoms with E-state index in [0.717, 1.165) is 0 Å². The number of hydrogen-bond acceptors (Lipinski definition) is 2. The highest BCUT2D eigenvalue weighted by Gasteiger charge is 2.20. The maximum Gasteiger partial charge on any atom is 0.310 e. The minimum Gasteiger partial charge on any atom is -0.481 e. The molecule has 0 bridgehead atoms. The third kappa shape index (κ3) is 3.16. The average molecular weight is 270 g/mol. The Morgan fingerprint density at radius 3 is 2.61 bits per heavy atom. The van der Waals surface area contributed by atoms with Gasteiger partial charge in [0.15, 0.2) is 5.11 Å². The Morgan fingerprint density at radius 2 is 2.11 bits per heavy atom. The fourth-order valence-corrected chi connectivity index (χ4v) is 1.49. The summed E-state index contributed by atoms with van der Waals surface area (Å²) in [5.41, 5.74) is 0.484. The van der Waals surface area contributed by atoms with E-state index in [1.54, 1.807) is 25.1 Å². The molecule has 18 heavy (non-hydrogen) atoms. The molecule has 1 aromatic rings. The summed E-state index contributed by atoms with van der Waals surface area (Å²) in [5.74, 6) is -2.35. The number of nitrogens with zero attached hydrogens (tertiary/aromatic N) is 1. The summed E-state index contributed by atoms with van der Waals surface area (Å²) >= 11 is 5.03. The molecule has 0 saturated carbocycles. The van der Waals surface area contributed by atoms with Crippen molar-refractivity contribution in [1.29, 1.82) is 0 Å². The third-order valence-corrected chi connectivity index (χ3v) is 2.99. The molecule has 1 aromatic carbocycles. The van der Waals surface area contributed by atoms with Crippen molar-refractivity contribution in [2.24, 2.45) is 0 Å². The predicted octanol–water partition coefficient (Wildman–Crippen LogP) is 2.27. The van der Waals surface area contributed by atoms with Crippen molar-refractivity contribution in [2.45, 2.75) is 12.8 Å². The van der Waals surface area contributed by atoms with E-state index >= 15 is 0 Å². The molecule has 1 unspecified atom stereocenters. The number of hydrogen-bond donors (Lipinski definition) is 2. The van der Waals surface area contributed by atoms with Crippen LogP contribution in [0.3, 0.4) is 0 Å². The molecule has 1 rings (SSSR count). The first-order chi connectivity index (χ1) is 8.34. The molecule has 0 spiro atoms. The molecule has 0 aliphatic heterocycles. The zero-order valence-electron chi connectivity index (χ0n) is 10.4. The maximum atomic E-state index is 13.8. The fraction of sp³-hybridized carbons (Fsp3) is 0.333. The molecule has 0 aliphatic carbocycles. The van der Waals surface area contributed by atoms with E-state index < -0.39 is 17.7 Å². The van der Waals surface area contributed by atoms with Crippen LogP contribution in [-0.4, -0.2) is 35.2 Å². The standard InChI is InChI=1S/C12H15FN2O2S/c1-7(11(16)17)8-5-4-6-9(13)10(8)14-12(18)15(2)3/h4-7H,1-3H3,(H,14,18)(H,16,17). The molecule has 0 amide bonds. The molecular formula is C12H15FN2O2S. The first kappa shape index (κ1) is 14.4. The maximum absolute atomic E-state index is 13.8. The zero-order valence-corrected chi connectivity index (χ0v) is 11.2. The molecule has 0 radical (unpaired) electrons. The molecule has 0 saturated heterocycles. The van der Waals surface area contributed by atoms with Gasteiger partial charge in [0.1, 0.15) is 5.82 Å². The number of carbonyl (C=O) groups is 1. The van der Waals surface area contributed by atoms with Crippen LogP contribution in [0.5, 0.6) is 0 Å². The molecule has 6 heteroatoms. The number of nitrogens with one attached hydrogen (secondary N) is 1. The van der Waals surface area contributed by atoms with Crippen LogP contribution in [0.25, 0.3) is 0 Å². The van der Waals surface area contributed by atoms with E-state index in [0.29, 0.717) is 10.7 Å². The van der Waals surface area contributed by atoms with Crippen molar-refractivity contribution in [3.8, 4) is 0 Å². The van der Waals surface area contributed by atoms with Crippen molar-refractivity contribution < 1.29 is 14.3 Å². The molecule has 0 aromatic heterocycles. The van der Waals surface area contributed by atoms with Gasteiger partial charge >= 0.3 is 5.97 Å². The Kier molecular flexibility index (Phi) is 4.61. The van der Waals surface area contributed by atoms with E-state index in [9.17, 15) is 9.18 Å². The normalized spacial score (nSPS) is 11.8. The van der Waals surface area contributed by atoms with Gasteiger partial charge in [0.25, 0.3) is 0 Å². The number of para-hydroxylation sites is 1. The summed E-state index contributed by atoms with van der Waals surface area (Å²) in [5, 5.41) is 12.1. The molecular weight excluding hydrogens is 255 g/mol. The molecule has 0 fully saturated rings. The van der Waals surface area contributed by atoms with Crippen LogP contribution in [-0.2, 0) is 4.79 Å². The minimum atomic E-state index is -1.01. The van der Waals surface area contributed by atoms with Gasteiger partial charge in [-0.2, -0.15) is 0 Å². The van der Waals surface area contributed by atoms with Gasteiger partial charge in [-0.05, 0) is 30.8 Å². The lowest BCUT2D eigenvalue weighted by atomic mass is 9.99. The van der Waals surface area contributed by atoms with Gasteiger partial charge in [-0.1, -0.05) is 12.1 Å². The fourth-order valence-electron chi connectivity index (χ4n) is 1.39. The molecule has 0 heterocycles. The lowest BCUT2D eigenvalue weighted by Gasteiger charge is -2.19. The SMILES string of the molecule is CC(C(=O)O)c1cccc(F)c1NC(=S)N(C)C. The number of carboxylic acids is 1. The highest BCUT2D eigenvalue weighted by Crippen LogP contribution is 2.27. The van der Waals surface area contributed by atoms with E-state index in [1.807, 2.05) is 0 Å². The van der Waals surface area contributed by atoms with Crippen molar-refractivity contribution in [3.63, 3.8) is 0 Å². The predicted molar refractivity (Wildman–Crippen MR) is 72.4 cm³/mol. The van der Waals surface area contributed by atoms with Crippen LogP contribution >= 0.6 is 12.2 Å². The second-order valence-electron chi connectivity index (χ2n) is 4.09. The summed E-state index contributed by atoms with van der Waals surface area (Å²) in [6.45, 7) is 1.50. The summed E-state index contributed by atoms with van der Waals surface area (Å²) in [4.78, 5) is 12.6. The first-order valence-electron chi connectivity index (χ1n) is 5.34. The second kappa shape index (κ2) is 5.77. The topological polar surface area (TPSA) is 52.6 Å². The van der Waals surface area contributed by atoms with Crippen LogP contribution in [0, 0.1) is 5.82 Å². The van der Waals surface area contributed by atoms with Crippen LogP contribution < -0.4 is 5.32 Å². The minimum absolute atomic E-state index is 0.117. The largest absolute Gasteiger partial charge is 0.481 e. The molecule has 98 valence electrons. The van der Waals surface area contributed by atoms with E-state index in [-0.39, 0.29) is 5.69 Å². The first-order valence-corrected chi connectivity index (χ1v) is 5.75. The lowest BCUT2D eigenvalue weighted by molar-refractivity contribution is -0.138. The van der Waals surface area contributed by atoms with Crippen molar-refractivity contribution >= 4 is 29.0 Å². The van der Waals surface area contributed by atoms with Crippen LogP contribution in [0.1, 0.15) is 18.4 Å². The Balaban J connectivity index is 3.16. The molecule has 1 atom stereocenters. The third-order valence-electron chi connectivity index (χ3n) is 2.52. The van der Waals surface area contributed by atoms with E-state index in [1.165, 1.54) is 19.1 Å². The summed E-state index contributed by atoms with van der Waals surface area (Å²) in [6.07, 6.45) is 0. The number of benzene rings is 1. The van der Waals surface area contributed by atoms with Crippen molar-refractivity contribution in [2.75, 3.05) is 19.4 Å². The summed E-state index contributed by atoms with van der Waals surface area (Å²) in [6, 6.07) is 4.31. The van der Waals surface area contributed by atoms with Crippen LogP contribution in [0.4, 0.5) is 10.1 Å². The second-order valence-corrected chi connectivity index (χ2v) is 4.48. The Hall–Kier alpha value is -1.69. The van der Waals surface area contributed by atoms with Gasteiger partial charge in [0, 0.05) is 14.1 Å². The number of carboxylic acid groups (broad SMARTS) is 1. The molecule has 0 aliphatic rings. The number of rotatable bonds is 3. The Labute approximate surface area is 110 Å². The molecule has 4 nitrogen and oxygen atoms in total. The van der Waals surface area contributed by atoms with Gasteiger partial charge in [0.05, 0.1) is 11.6 Å². The smallest absolute Gasteiger partial charge is 0.310 e. The van der Waals surface area contributed by atoms with E-state index in [2.05, 4.69) is 5.32 Å². The number of halogens is 1. The van der Waals surface area contributed by atoms with Gasteiger partial charge in [-0.3, -0.25) is 4.79 Å². The molecule has 2 N–H and O–H groups in total. The van der Waals surface area contributed by atoms with Crippen LogP contribution in [0.15, 0.2) is 18.2 Å². The van der Waals surface area contributed by atoms with Gasteiger partial charge in [0.2, 0.25) is 0 Å².